The van der Waals surface area contributed by atoms with Gasteiger partial charge in [0.1, 0.15) is 23.3 Å². The number of nitrogens with one attached hydrogen (secondary N) is 2. The summed E-state index contributed by atoms with van der Waals surface area (Å²) < 4.78 is 33.4. The third-order valence-electron chi connectivity index (χ3n) is 4.23. The number of ether oxygens (including phenoxy) is 1. The Bertz CT molecular complexity index is 1070. The zero-order valence-electron chi connectivity index (χ0n) is 17.4. The van der Waals surface area contributed by atoms with Crippen LogP contribution in [0.15, 0.2) is 41.9 Å². The molecule has 1 aromatic heterocycles. The van der Waals surface area contributed by atoms with Crippen LogP contribution in [-0.2, 0) is 22.5 Å². The van der Waals surface area contributed by atoms with E-state index in [-0.39, 0.29) is 18.5 Å². The molecule has 3 rings (SSSR count). The quantitative estimate of drug-likeness (QED) is 0.590. The topological polar surface area (TPSA) is 80.3 Å². The molecule has 0 bridgehead atoms. The molecular formula is C22H23F2N3O3S. The summed E-state index contributed by atoms with van der Waals surface area (Å²) in [4.78, 5) is 29.3. The molecule has 0 spiro atoms. The summed E-state index contributed by atoms with van der Waals surface area (Å²) in [6.45, 7) is 5.28. The third kappa shape index (κ3) is 6.71. The third-order valence-corrected chi connectivity index (χ3v) is 5.04. The van der Waals surface area contributed by atoms with Gasteiger partial charge in [0.25, 0.3) is 0 Å². The molecule has 164 valence electrons. The second-order valence-electron chi connectivity index (χ2n) is 8.05. The Morgan fingerprint density at radius 3 is 2.48 bits per heavy atom. The van der Waals surface area contributed by atoms with Gasteiger partial charge in [0.2, 0.25) is 5.91 Å². The maximum Gasteiger partial charge on any atom is 0.408 e. The molecule has 0 aliphatic carbocycles. The number of alkyl carbamates (subject to hydrolysis) is 1. The number of rotatable bonds is 6. The van der Waals surface area contributed by atoms with Crippen molar-refractivity contribution >= 4 is 33.6 Å². The minimum atomic E-state index is -1.08. The minimum Gasteiger partial charge on any atom is -0.444 e. The number of hydrogen-bond acceptors (Lipinski definition) is 5. The molecule has 0 radical (unpaired) electrons. The Kier molecular flexibility index (Phi) is 6.84. The summed E-state index contributed by atoms with van der Waals surface area (Å²) in [5, 5.41) is 5.25. The average molecular weight is 448 g/mol. The first kappa shape index (κ1) is 22.6. The van der Waals surface area contributed by atoms with E-state index >= 15 is 0 Å². The Hall–Kier alpha value is -3.07. The van der Waals surface area contributed by atoms with Crippen LogP contribution in [0, 0.1) is 11.6 Å². The first-order chi connectivity index (χ1) is 14.6. The summed E-state index contributed by atoms with van der Waals surface area (Å²) in [6, 6.07) is 7.56. The van der Waals surface area contributed by atoms with Crippen molar-refractivity contribution in [2.75, 3.05) is 0 Å². The van der Waals surface area contributed by atoms with E-state index in [1.54, 1.807) is 26.3 Å². The van der Waals surface area contributed by atoms with E-state index in [4.69, 9.17) is 4.74 Å². The first-order valence-electron chi connectivity index (χ1n) is 9.63. The summed E-state index contributed by atoms with van der Waals surface area (Å²) in [6.07, 6.45) is -0.904. The SMILES string of the molecule is CC(C)(C)OC(=O)N[C@@H](Cc1cc(F)cc(F)c1)C(=O)NCc1ccc2scnc2c1. The van der Waals surface area contributed by atoms with Crippen LogP contribution in [0.5, 0.6) is 0 Å². The number of carbonyl (C=O) groups is 2. The molecule has 2 aromatic carbocycles. The van der Waals surface area contributed by atoms with Crippen molar-refractivity contribution in [2.45, 2.75) is 45.4 Å². The number of carbonyl (C=O) groups excluding carboxylic acids is 2. The fraction of sp³-hybridized carbons (Fsp3) is 0.318. The van der Waals surface area contributed by atoms with Gasteiger partial charge in [-0.25, -0.2) is 18.6 Å². The molecule has 0 saturated carbocycles. The molecule has 2 amide bonds. The van der Waals surface area contributed by atoms with E-state index < -0.39 is 35.3 Å². The Morgan fingerprint density at radius 1 is 1.10 bits per heavy atom. The fourth-order valence-electron chi connectivity index (χ4n) is 2.95. The first-order valence-corrected chi connectivity index (χ1v) is 10.5. The molecule has 0 fully saturated rings. The molecule has 31 heavy (non-hydrogen) atoms. The van der Waals surface area contributed by atoms with Crippen LogP contribution < -0.4 is 10.6 Å². The van der Waals surface area contributed by atoms with Crippen molar-refractivity contribution < 1.29 is 23.1 Å². The van der Waals surface area contributed by atoms with Crippen molar-refractivity contribution in [2.24, 2.45) is 0 Å². The Labute approximate surface area is 182 Å². The monoisotopic (exact) mass is 447 g/mol. The van der Waals surface area contributed by atoms with E-state index in [0.29, 0.717) is 0 Å². The number of halogens is 2. The van der Waals surface area contributed by atoms with Gasteiger partial charge >= 0.3 is 6.09 Å². The van der Waals surface area contributed by atoms with Gasteiger partial charge in [-0.2, -0.15) is 0 Å². The van der Waals surface area contributed by atoms with Gasteiger partial charge in [0.15, 0.2) is 0 Å². The van der Waals surface area contributed by atoms with Gasteiger partial charge in [0, 0.05) is 19.0 Å². The number of nitrogens with zero attached hydrogens (tertiary/aromatic N) is 1. The maximum absolute atomic E-state index is 13.6. The fourth-order valence-corrected chi connectivity index (χ4v) is 3.61. The Morgan fingerprint density at radius 2 is 1.81 bits per heavy atom. The van der Waals surface area contributed by atoms with E-state index in [0.717, 1.165) is 34.0 Å². The minimum absolute atomic E-state index is 0.106. The van der Waals surface area contributed by atoms with Gasteiger partial charge in [-0.1, -0.05) is 6.07 Å². The smallest absolute Gasteiger partial charge is 0.408 e. The molecule has 0 aliphatic rings. The largest absolute Gasteiger partial charge is 0.444 e. The zero-order valence-corrected chi connectivity index (χ0v) is 18.2. The number of fused-ring (bicyclic) bond motifs is 1. The summed E-state index contributed by atoms with van der Waals surface area (Å²) in [7, 11) is 0. The highest BCUT2D eigenvalue weighted by Crippen LogP contribution is 2.19. The molecule has 1 atom stereocenters. The van der Waals surface area contributed by atoms with Crippen LogP contribution >= 0.6 is 11.3 Å². The molecule has 3 aromatic rings. The van der Waals surface area contributed by atoms with Gasteiger partial charge in [-0.3, -0.25) is 4.79 Å². The zero-order chi connectivity index (χ0) is 22.6. The molecule has 0 unspecified atom stereocenters. The van der Waals surface area contributed by atoms with Crippen molar-refractivity contribution in [1.82, 2.24) is 15.6 Å². The van der Waals surface area contributed by atoms with E-state index in [1.807, 2.05) is 18.2 Å². The van der Waals surface area contributed by atoms with Crippen LogP contribution in [0.4, 0.5) is 13.6 Å². The lowest BCUT2D eigenvalue weighted by Gasteiger charge is -2.23. The predicted molar refractivity (Wildman–Crippen MR) is 115 cm³/mol. The summed E-state index contributed by atoms with van der Waals surface area (Å²) in [5.41, 5.74) is 2.87. The van der Waals surface area contributed by atoms with Gasteiger partial charge in [0.05, 0.1) is 15.7 Å². The molecular weight excluding hydrogens is 424 g/mol. The van der Waals surface area contributed by atoms with E-state index in [1.165, 1.54) is 11.3 Å². The van der Waals surface area contributed by atoms with Crippen LogP contribution in [0.2, 0.25) is 0 Å². The highest BCUT2D eigenvalue weighted by atomic mass is 32.1. The normalized spacial score (nSPS) is 12.4. The van der Waals surface area contributed by atoms with Crippen molar-refractivity contribution in [1.29, 1.82) is 0 Å². The summed E-state index contributed by atoms with van der Waals surface area (Å²) >= 11 is 1.52. The van der Waals surface area contributed by atoms with Gasteiger partial charge in [-0.05, 0) is 56.2 Å². The van der Waals surface area contributed by atoms with Gasteiger partial charge in [-0.15, -0.1) is 11.3 Å². The lowest BCUT2D eigenvalue weighted by atomic mass is 10.0. The molecule has 6 nitrogen and oxygen atoms in total. The lowest BCUT2D eigenvalue weighted by Crippen LogP contribution is -2.49. The number of amides is 2. The lowest BCUT2D eigenvalue weighted by molar-refractivity contribution is -0.123. The van der Waals surface area contributed by atoms with Gasteiger partial charge < -0.3 is 15.4 Å². The van der Waals surface area contributed by atoms with Crippen LogP contribution in [0.1, 0.15) is 31.9 Å². The second-order valence-corrected chi connectivity index (χ2v) is 8.94. The standard InChI is InChI=1S/C22H23F2N3O3S/c1-22(2,3)30-21(29)27-18(9-14-6-15(23)10-16(24)7-14)20(28)25-11-13-4-5-19-17(8-13)26-12-31-19/h4-8,10,12,18H,9,11H2,1-3H3,(H,25,28)(H,27,29)/t18-/m0/s1. The molecule has 9 heteroatoms. The van der Waals surface area contributed by atoms with Crippen molar-refractivity contribution in [3.05, 3.63) is 64.7 Å². The highest BCUT2D eigenvalue weighted by molar-refractivity contribution is 7.16. The van der Waals surface area contributed by atoms with Crippen LogP contribution in [-0.4, -0.2) is 28.6 Å². The number of benzene rings is 2. The highest BCUT2D eigenvalue weighted by Gasteiger charge is 2.25. The van der Waals surface area contributed by atoms with E-state index in [9.17, 15) is 18.4 Å². The molecule has 0 aliphatic heterocycles. The second kappa shape index (κ2) is 9.38. The van der Waals surface area contributed by atoms with Crippen molar-refractivity contribution in [3.63, 3.8) is 0 Å². The van der Waals surface area contributed by atoms with E-state index in [2.05, 4.69) is 15.6 Å². The number of hydrogen-bond donors (Lipinski definition) is 2. The van der Waals surface area contributed by atoms with Crippen LogP contribution in [0.25, 0.3) is 10.2 Å². The maximum atomic E-state index is 13.6. The molecule has 1 heterocycles. The molecule has 0 saturated heterocycles. The predicted octanol–water partition coefficient (Wildman–Crippen LogP) is 4.33. The van der Waals surface area contributed by atoms with Crippen molar-refractivity contribution in [3.8, 4) is 0 Å². The number of aromatic nitrogens is 1. The number of thiazole rings is 1. The molecule has 2 N–H and O–H groups in total. The van der Waals surface area contributed by atoms with Crippen LogP contribution in [0.3, 0.4) is 0 Å². The Balaban J connectivity index is 1.72. The average Bonchev–Trinajstić information content (AvgIpc) is 3.11. The summed E-state index contributed by atoms with van der Waals surface area (Å²) in [5.74, 6) is -2.03.